The highest BCUT2D eigenvalue weighted by Crippen LogP contribution is 2.33. The Hall–Kier alpha value is -4.73. The van der Waals surface area contributed by atoms with Gasteiger partial charge < -0.3 is 24.4 Å². The Labute approximate surface area is 242 Å². The molecule has 3 saturated heterocycles. The normalized spacial score (nSPS) is 20.0. The van der Waals surface area contributed by atoms with Crippen LogP contribution in [-0.4, -0.2) is 89.0 Å². The van der Waals surface area contributed by atoms with E-state index in [0.717, 1.165) is 43.1 Å². The molecule has 4 aromatic rings. The molecule has 7 heterocycles. The van der Waals surface area contributed by atoms with Crippen molar-refractivity contribution in [2.75, 3.05) is 56.7 Å². The van der Waals surface area contributed by atoms with Gasteiger partial charge in [-0.05, 0) is 30.7 Å². The standard InChI is InChI=1S/C30H30N8O4/c1-40-28-5-3-22(13-33-28)35-30(39)21-14-37(15-21)27-4-2-19(11-32-27)26-9-25(17-38-29(26)20(10-31)12-34-38)41-7-6-36-16-24-8-23(36)18-42-24/h2-5,9,11-13,17,21,23-24H,6-8,14-16,18H2,1H3,(H,35,39)/t23-,24-/m0/s1. The molecule has 0 aromatic carbocycles. The highest BCUT2D eigenvalue weighted by Gasteiger charge is 2.38. The Morgan fingerprint density at radius 1 is 1.17 bits per heavy atom. The minimum atomic E-state index is -0.143. The lowest BCUT2D eigenvalue weighted by Crippen LogP contribution is -2.52. The number of amides is 1. The first-order chi connectivity index (χ1) is 20.6. The fourth-order valence-electron chi connectivity index (χ4n) is 5.89. The molecule has 214 valence electrons. The number of pyridine rings is 3. The number of nitrogens with zero attached hydrogens (tertiary/aromatic N) is 7. The molecule has 4 aromatic heterocycles. The van der Waals surface area contributed by atoms with Crippen molar-refractivity contribution in [3.05, 3.63) is 60.7 Å². The summed E-state index contributed by atoms with van der Waals surface area (Å²) in [4.78, 5) is 26.0. The van der Waals surface area contributed by atoms with Gasteiger partial charge in [0.25, 0.3) is 0 Å². The van der Waals surface area contributed by atoms with E-state index in [2.05, 4.69) is 36.3 Å². The number of morpholine rings is 1. The SMILES string of the molecule is COc1ccc(NC(=O)C2CN(c3ccc(-c4cc(OCCN5C[C@@H]6C[C@H]5CO6)cn5ncc(C#N)c45)cn3)C2)cn1. The predicted octanol–water partition coefficient (Wildman–Crippen LogP) is 2.60. The number of likely N-dealkylation sites (tertiary alicyclic amines) is 1. The zero-order chi connectivity index (χ0) is 28.6. The van der Waals surface area contributed by atoms with Crippen LogP contribution < -0.4 is 19.7 Å². The van der Waals surface area contributed by atoms with Crippen LogP contribution >= 0.6 is 0 Å². The fourth-order valence-corrected chi connectivity index (χ4v) is 5.89. The van der Waals surface area contributed by atoms with E-state index in [-0.39, 0.29) is 11.8 Å². The predicted molar refractivity (Wildman–Crippen MR) is 153 cm³/mol. The van der Waals surface area contributed by atoms with Gasteiger partial charge in [0, 0.05) is 55.6 Å². The summed E-state index contributed by atoms with van der Waals surface area (Å²) in [5.74, 6) is 1.77. The van der Waals surface area contributed by atoms with Crippen molar-refractivity contribution in [3.63, 3.8) is 0 Å². The van der Waals surface area contributed by atoms with Gasteiger partial charge in [0.2, 0.25) is 11.8 Å². The Kier molecular flexibility index (Phi) is 6.81. The first kappa shape index (κ1) is 26.2. The van der Waals surface area contributed by atoms with E-state index in [1.165, 1.54) is 0 Å². The molecule has 3 fully saturated rings. The number of hydrogen-bond acceptors (Lipinski definition) is 10. The zero-order valence-electron chi connectivity index (χ0n) is 23.1. The van der Waals surface area contributed by atoms with Gasteiger partial charge in [-0.1, -0.05) is 0 Å². The summed E-state index contributed by atoms with van der Waals surface area (Å²) in [5.41, 5.74) is 3.50. The maximum absolute atomic E-state index is 12.7. The van der Waals surface area contributed by atoms with Crippen LogP contribution in [0.25, 0.3) is 16.6 Å². The third-order valence-electron chi connectivity index (χ3n) is 8.22. The average Bonchev–Trinajstić information content (AvgIpc) is 3.73. The van der Waals surface area contributed by atoms with Crippen LogP contribution in [0.15, 0.2) is 55.1 Å². The van der Waals surface area contributed by atoms with Gasteiger partial charge in [-0.3, -0.25) is 9.69 Å². The maximum Gasteiger partial charge on any atom is 0.231 e. The van der Waals surface area contributed by atoms with Crippen molar-refractivity contribution in [2.24, 2.45) is 5.92 Å². The van der Waals surface area contributed by atoms with Crippen molar-refractivity contribution in [1.82, 2.24) is 24.5 Å². The van der Waals surface area contributed by atoms with Crippen LogP contribution in [-0.2, 0) is 9.53 Å². The molecular weight excluding hydrogens is 536 g/mol. The molecule has 3 aliphatic heterocycles. The van der Waals surface area contributed by atoms with Gasteiger partial charge >= 0.3 is 0 Å². The number of nitrogens with one attached hydrogen (secondary N) is 1. The Morgan fingerprint density at radius 2 is 2.07 bits per heavy atom. The van der Waals surface area contributed by atoms with Gasteiger partial charge in [0.15, 0.2) is 0 Å². The molecule has 1 N–H and O–H groups in total. The van der Waals surface area contributed by atoms with Gasteiger partial charge in [0.1, 0.15) is 24.2 Å². The van der Waals surface area contributed by atoms with Gasteiger partial charge in [0.05, 0.1) is 61.1 Å². The van der Waals surface area contributed by atoms with Crippen LogP contribution in [0.5, 0.6) is 11.6 Å². The topological polar surface area (TPSA) is 130 Å². The second kappa shape index (κ2) is 10.9. The lowest BCUT2D eigenvalue weighted by molar-refractivity contribution is -0.120. The highest BCUT2D eigenvalue weighted by molar-refractivity contribution is 5.94. The van der Waals surface area contributed by atoms with Crippen molar-refractivity contribution in [2.45, 2.75) is 18.6 Å². The van der Waals surface area contributed by atoms with Gasteiger partial charge in [-0.15, -0.1) is 0 Å². The van der Waals surface area contributed by atoms with E-state index >= 15 is 0 Å². The van der Waals surface area contributed by atoms with E-state index in [9.17, 15) is 10.1 Å². The Morgan fingerprint density at radius 3 is 2.76 bits per heavy atom. The summed E-state index contributed by atoms with van der Waals surface area (Å²) in [5, 5.41) is 17.0. The van der Waals surface area contributed by atoms with Crippen molar-refractivity contribution in [3.8, 4) is 28.8 Å². The second-order valence-corrected chi connectivity index (χ2v) is 10.8. The second-order valence-electron chi connectivity index (χ2n) is 10.8. The number of nitriles is 1. The minimum absolute atomic E-state index is 0.0515. The maximum atomic E-state index is 12.7. The third-order valence-corrected chi connectivity index (χ3v) is 8.22. The summed E-state index contributed by atoms with van der Waals surface area (Å²) in [7, 11) is 1.55. The van der Waals surface area contributed by atoms with E-state index in [1.807, 2.05) is 24.4 Å². The molecule has 0 unspecified atom stereocenters. The molecule has 0 aliphatic carbocycles. The Balaban J connectivity index is 1.02. The van der Waals surface area contributed by atoms with E-state index < -0.39 is 0 Å². The van der Waals surface area contributed by atoms with Crippen LogP contribution in [0.2, 0.25) is 0 Å². The first-order valence-electron chi connectivity index (χ1n) is 14.0. The monoisotopic (exact) mass is 566 g/mol. The molecule has 42 heavy (non-hydrogen) atoms. The number of hydrogen-bond donors (Lipinski definition) is 1. The van der Waals surface area contributed by atoms with Crippen molar-refractivity contribution >= 4 is 22.9 Å². The third kappa shape index (κ3) is 4.97. The van der Waals surface area contributed by atoms with Crippen molar-refractivity contribution in [1.29, 1.82) is 5.26 Å². The van der Waals surface area contributed by atoms with E-state index in [1.54, 1.807) is 42.3 Å². The number of rotatable bonds is 9. The lowest BCUT2D eigenvalue weighted by atomic mass is 9.98. The quantitative estimate of drug-likeness (QED) is 0.323. The molecule has 0 spiro atoms. The molecule has 2 atom stereocenters. The van der Waals surface area contributed by atoms with Crippen LogP contribution in [0.1, 0.15) is 12.0 Å². The summed E-state index contributed by atoms with van der Waals surface area (Å²) in [6, 6.07) is 12.1. The molecule has 2 bridgehead atoms. The molecule has 12 heteroatoms. The average molecular weight is 567 g/mol. The smallest absolute Gasteiger partial charge is 0.231 e. The first-order valence-corrected chi connectivity index (χ1v) is 14.0. The highest BCUT2D eigenvalue weighted by atomic mass is 16.5. The van der Waals surface area contributed by atoms with Gasteiger partial charge in [-0.2, -0.15) is 10.4 Å². The van der Waals surface area contributed by atoms with Crippen LogP contribution in [0, 0.1) is 17.2 Å². The number of methoxy groups -OCH3 is 1. The zero-order valence-corrected chi connectivity index (χ0v) is 23.1. The summed E-state index contributed by atoms with van der Waals surface area (Å²) in [6.07, 6.45) is 8.22. The molecular formula is C30H30N8O4. The molecule has 12 nitrogen and oxygen atoms in total. The van der Waals surface area contributed by atoms with Gasteiger partial charge in [-0.25, -0.2) is 14.5 Å². The number of anilines is 2. The number of carbonyl (C=O) groups excluding carboxylic acids is 1. The van der Waals surface area contributed by atoms with E-state index in [4.69, 9.17) is 14.2 Å². The number of carbonyl (C=O) groups is 1. The summed E-state index contributed by atoms with van der Waals surface area (Å²) < 4.78 is 18.6. The van der Waals surface area contributed by atoms with Crippen LogP contribution in [0.4, 0.5) is 11.5 Å². The lowest BCUT2D eigenvalue weighted by Gasteiger charge is -2.39. The summed E-state index contributed by atoms with van der Waals surface area (Å²) >= 11 is 0. The number of ether oxygens (including phenoxy) is 3. The number of aromatic nitrogens is 4. The van der Waals surface area contributed by atoms with Crippen molar-refractivity contribution < 1.29 is 19.0 Å². The largest absolute Gasteiger partial charge is 0.491 e. The number of fused-ring (bicyclic) bond motifs is 3. The summed E-state index contributed by atoms with van der Waals surface area (Å²) in [6.45, 7) is 4.30. The minimum Gasteiger partial charge on any atom is -0.491 e. The molecule has 3 aliphatic rings. The molecule has 0 radical (unpaired) electrons. The molecule has 0 saturated carbocycles. The molecule has 7 rings (SSSR count). The molecule has 1 amide bonds. The van der Waals surface area contributed by atoms with Crippen LogP contribution in [0.3, 0.4) is 0 Å². The fraction of sp³-hybridized carbons (Fsp3) is 0.367. The van der Waals surface area contributed by atoms with E-state index in [0.29, 0.717) is 60.2 Å². The Bertz CT molecular complexity index is 1640.